The number of hydrogen-bond acceptors (Lipinski definition) is 4. The molecule has 0 spiro atoms. The lowest BCUT2D eigenvalue weighted by molar-refractivity contribution is 0.322. The van der Waals surface area contributed by atoms with E-state index in [1.807, 2.05) is 0 Å². The normalized spacial score (nSPS) is 17.0. The highest BCUT2D eigenvalue weighted by molar-refractivity contribution is 7.90. The van der Waals surface area contributed by atoms with Gasteiger partial charge in [0.15, 0.2) is 0 Å². The van der Waals surface area contributed by atoms with Crippen molar-refractivity contribution in [2.45, 2.75) is 37.4 Å². The zero-order valence-electron chi connectivity index (χ0n) is 11.5. The van der Waals surface area contributed by atoms with Crippen molar-refractivity contribution in [2.75, 3.05) is 18.9 Å². The van der Waals surface area contributed by atoms with Gasteiger partial charge >= 0.3 is 0 Å². The highest BCUT2D eigenvalue weighted by Crippen LogP contribution is 2.22. The van der Waals surface area contributed by atoms with E-state index in [0.29, 0.717) is 24.6 Å². The van der Waals surface area contributed by atoms with Crippen LogP contribution in [0.25, 0.3) is 0 Å². The summed E-state index contributed by atoms with van der Waals surface area (Å²) in [6, 6.07) is 7.04. The number of rotatable bonds is 6. The zero-order valence-corrected chi connectivity index (χ0v) is 12.4. The van der Waals surface area contributed by atoms with Gasteiger partial charge in [-0.05, 0) is 37.1 Å². The lowest BCUT2D eigenvalue weighted by atomic mass is 10.0. The van der Waals surface area contributed by atoms with Crippen LogP contribution in [0, 0.1) is 0 Å². The molecule has 1 aliphatic rings. The molecule has 1 fully saturated rings. The molecular formula is C14H22N2O3S. The summed E-state index contributed by atoms with van der Waals surface area (Å²) >= 11 is 0. The molecule has 5 nitrogen and oxygen atoms in total. The lowest BCUT2D eigenvalue weighted by Crippen LogP contribution is -2.37. The Hall–Kier alpha value is -1.27. The molecule has 0 aromatic heterocycles. The standard InChI is InChI=1S/C14H22N2O3S/c15-12-6-8-13(9-7-12)19-11-10-16-20(17,18)14-4-2-1-3-5-14/h6-9,14,16H,1-5,10-11,15H2. The molecule has 1 saturated carbocycles. The molecule has 0 atom stereocenters. The van der Waals surface area contributed by atoms with E-state index in [4.69, 9.17) is 10.5 Å². The highest BCUT2D eigenvalue weighted by Gasteiger charge is 2.26. The molecule has 0 aliphatic heterocycles. The van der Waals surface area contributed by atoms with Crippen LogP contribution in [0.1, 0.15) is 32.1 Å². The second-order valence-electron chi connectivity index (χ2n) is 5.12. The first-order valence-electron chi connectivity index (χ1n) is 7.05. The molecule has 0 heterocycles. The largest absolute Gasteiger partial charge is 0.492 e. The average molecular weight is 298 g/mol. The summed E-state index contributed by atoms with van der Waals surface area (Å²) in [5, 5.41) is -0.229. The number of sulfonamides is 1. The fourth-order valence-electron chi connectivity index (χ4n) is 2.41. The number of nitrogen functional groups attached to an aromatic ring is 1. The fraction of sp³-hybridized carbons (Fsp3) is 0.571. The quantitative estimate of drug-likeness (QED) is 0.621. The highest BCUT2D eigenvalue weighted by atomic mass is 32.2. The van der Waals surface area contributed by atoms with Crippen molar-refractivity contribution < 1.29 is 13.2 Å². The van der Waals surface area contributed by atoms with Crippen molar-refractivity contribution in [3.05, 3.63) is 24.3 Å². The molecule has 1 aromatic carbocycles. The summed E-state index contributed by atoms with van der Waals surface area (Å²) in [6.07, 6.45) is 4.70. The Bertz CT molecular complexity index is 508. The summed E-state index contributed by atoms with van der Waals surface area (Å²) in [5.41, 5.74) is 6.25. The van der Waals surface area contributed by atoms with Gasteiger partial charge in [-0.15, -0.1) is 0 Å². The van der Waals surface area contributed by atoms with E-state index in [-0.39, 0.29) is 5.25 Å². The van der Waals surface area contributed by atoms with Crippen molar-refractivity contribution in [3.63, 3.8) is 0 Å². The summed E-state index contributed by atoms with van der Waals surface area (Å²) in [6.45, 7) is 0.610. The molecule has 3 N–H and O–H groups in total. The molecule has 20 heavy (non-hydrogen) atoms. The van der Waals surface area contributed by atoms with Gasteiger partial charge < -0.3 is 10.5 Å². The maximum Gasteiger partial charge on any atom is 0.214 e. The van der Waals surface area contributed by atoms with Crippen molar-refractivity contribution in [3.8, 4) is 5.75 Å². The zero-order chi connectivity index (χ0) is 14.4. The molecule has 1 aliphatic carbocycles. The van der Waals surface area contributed by atoms with Crippen LogP contribution in [0.3, 0.4) is 0 Å². The van der Waals surface area contributed by atoms with E-state index in [1.54, 1.807) is 24.3 Å². The molecule has 6 heteroatoms. The monoisotopic (exact) mass is 298 g/mol. The van der Waals surface area contributed by atoms with E-state index >= 15 is 0 Å². The second-order valence-corrected chi connectivity index (χ2v) is 7.16. The molecule has 0 bridgehead atoms. The lowest BCUT2D eigenvalue weighted by Gasteiger charge is -2.22. The van der Waals surface area contributed by atoms with Crippen LogP contribution >= 0.6 is 0 Å². The number of hydrogen-bond donors (Lipinski definition) is 2. The minimum atomic E-state index is -3.19. The number of anilines is 1. The molecule has 112 valence electrons. The number of nitrogens with two attached hydrogens (primary N) is 1. The van der Waals surface area contributed by atoms with Gasteiger partial charge in [0.05, 0.1) is 5.25 Å². The maximum absolute atomic E-state index is 12.1. The van der Waals surface area contributed by atoms with Crippen LogP contribution in [-0.2, 0) is 10.0 Å². The number of nitrogens with one attached hydrogen (secondary N) is 1. The van der Waals surface area contributed by atoms with Gasteiger partial charge in [-0.25, -0.2) is 13.1 Å². The minimum Gasteiger partial charge on any atom is -0.492 e. The molecule has 0 unspecified atom stereocenters. The van der Waals surface area contributed by atoms with Crippen molar-refractivity contribution in [2.24, 2.45) is 0 Å². The predicted octanol–water partition coefficient (Wildman–Crippen LogP) is 1.90. The summed E-state index contributed by atoms with van der Waals surface area (Å²) in [4.78, 5) is 0. The number of ether oxygens (including phenoxy) is 1. The Labute approximate surface area is 120 Å². The van der Waals surface area contributed by atoms with Gasteiger partial charge in [0.2, 0.25) is 10.0 Å². The van der Waals surface area contributed by atoms with Crippen molar-refractivity contribution in [1.29, 1.82) is 0 Å². The Morgan fingerprint density at radius 2 is 1.80 bits per heavy atom. The Morgan fingerprint density at radius 3 is 2.45 bits per heavy atom. The Balaban J connectivity index is 1.73. The van der Waals surface area contributed by atoms with Gasteiger partial charge in [-0.1, -0.05) is 19.3 Å². The van der Waals surface area contributed by atoms with Crippen LogP contribution in [0.15, 0.2) is 24.3 Å². The van der Waals surface area contributed by atoms with Crippen LogP contribution < -0.4 is 15.2 Å². The number of benzene rings is 1. The molecule has 0 saturated heterocycles. The van der Waals surface area contributed by atoms with Crippen molar-refractivity contribution in [1.82, 2.24) is 4.72 Å². The van der Waals surface area contributed by atoms with Crippen LogP contribution in [0.5, 0.6) is 5.75 Å². The van der Waals surface area contributed by atoms with Gasteiger partial charge in [0.1, 0.15) is 12.4 Å². The first-order valence-corrected chi connectivity index (χ1v) is 8.59. The van der Waals surface area contributed by atoms with Crippen molar-refractivity contribution >= 4 is 15.7 Å². The predicted molar refractivity (Wildman–Crippen MR) is 80.1 cm³/mol. The molecule has 1 aromatic rings. The SMILES string of the molecule is Nc1ccc(OCCNS(=O)(=O)C2CCCCC2)cc1. The van der Waals surface area contributed by atoms with E-state index < -0.39 is 10.0 Å². The maximum atomic E-state index is 12.1. The Kier molecular flexibility index (Phi) is 5.25. The smallest absolute Gasteiger partial charge is 0.214 e. The Morgan fingerprint density at radius 1 is 1.15 bits per heavy atom. The van der Waals surface area contributed by atoms with Gasteiger partial charge in [0.25, 0.3) is 0 Å². The second kappa shape index (κ2) is 6.95. The topological polar surface area (TPSA) is 81.4 Å². The molecule has 0 radical (unpaired) electrons. The summed E-state index contributed by atoms with van der Waals surface area (Å²) < 4.78 is 32.2. The first-order chi connectivity index (χ1) is 9.58. The third kappa shape index (κ3) is 4.38. The van der Waals surface area contributed by atoms with Gasteiger partial charge in [-0.3, -0.25) is 0 Å². The van der Waals surface area contributed by atoms with Crippen LogP contribution in [-0.4, -0.2) is 26.8 Å². The van der Waals surface area contributed by atoms with E-state index in [9.17, 15) is 8.42 Å². The van der Waals surface area contributed by atoms with Crippen LogP contribution in [0.4, 0.5) is 5.69 Å². The molecule has 2 rings (SSSR count). The van der Waals surface area contributed by atoms with Crippen LogP contribution in [0.2, 0.25) is 0 Å². The van der Waals surface area contributed by atoms with E-state index in [1.165, 1.54) is 0 Å². The van der Waals surface area contributed by atoms with E-state index in [2.05, 4.69) is 4.72 Å². The third-order valence-corrected chi connectivity index (χ3v) is 5.50. The molecular weight excluding hydrogens is 276 g/mol. The average Bonchev–Trinajstić information content (AvgIpc) is 2.46. The van der Waals surface area contributed by atoms with Gasteiger partial charge in [0, 0.05) is 12.2 Å². The van der Waals surface area contributed by atoms with E-state index in [0.717, 1.165) is 32.1 Å². The molecule has 0 amide bonds. The van der Waals surface area contributed by atoms with Gasteiger partial charge in [-0.2, -0.15) is 0 Å². The third-order valence-electron chi connectivity index (χ3n) is 3.55. The minimum absolute atomic E-state index is 0.229. The first kappa shape index (κ1) is 15.1. The fourth-order valence-corrected chi connectivity index (χ4v) is 3.97. The summed E-state index contributed by atoms with van der Waals surface area (Å²) in [7, 11) is -3.19. The summed E-state index contributed by atoms with van der Waals surface area (Å²) in [5.74, 6) is 0.691.